The van der Waals surface area contributed by atoms with Crippen LogP contribution in [0.2, 0.25) is 0 Å². The average Bonchev–Trinajstić information content (AvgIpc) is 3.10. The monoisotopic (exact) mass is 320 g/mol. The van der Waals surface area contributed by atoms with Crippen molar-refractivity contribution in [2.75, 3.05) is 11.9 Å². The average molecular weight is 320 g/mol. The van der Waals surface area contributed by atoms with E-state index >= 15 is 0 Å². The summed E-state index contributed by atoms with van der Waals surface area (Å²) in [6.07, 6.45) is 2.56. The maximum atomic E-state index is 12.6. The Kier molecular flexibility index (Phi) is 4.42. The Morgan fingerprint density at radius 1 is 1.17 bits per heavy atom. The Morgan fingerprint density at radius 2 is 1.92 bits per heavy atom. The summed E-state index contributed by atoms with van der Waals surface area (Å²) in [6.45, 7) is 4.11. The summed E-state index contributed by atoms with van der Waals surface area (Å²) >= 11 is 0. The van der Waals surface area contributed by atoms with Gasteiger partial charge in [0.15, 0.2) is 0 Å². The third-order valence-electron chi connectivity index (χ3n) is 3.99. The SMILES string of the molecule is CCc1ccc(-n2cnc(C(=O)N(C)c3cccc(C)c3)n2)cc1. The molecule has 122 valence electrons. The van der Waals surface area contributed by atoms with Crippen molar-refractivity contribution in [2.24, 2.45) is 0 Å². The Morgan fingerprint density at radius 3 is 2.58 bits per heavy atom. The molecular weight excluding hydrogens is 300 g/mol. The van der Waals surface area contributed by atoms with E-state index in [1.807, 2.05) is 43.3 Å². The third kappa shape index (κ3) is 3.20. The number of benzene rings is 2. The Labute approximate surface area is 141 Å². The standard InChI is InChI=1S/C19H20N4O/c1-4-15-8-10-16(11-9-15)23-13-20-18(21-23)19(24)22(3)17-7-5-6-14(2)12-17/h5-13H,4H2,1-3H3. The lowest BCUT2D eigenvalue weighted by Gasteiger charge is -2.15. The lowest BCUT2D eigenvalue weighted by atomic mass is 10.1. The summed E-state index contributed by atoms with van der Waals surface area (Å²) in [4.78, 5) is 18.3. The van der Waals surface area contributed by atoms with Crippen LogP contribution in [-0.2, 0) is 6.42 Å². The van der Waals surface area contributed by atoms with Crippen molar-refractivity contribution in [3.05, 3.63) is 71.8 Å². The molecule has 0 unspecified atom stereocenters. The van der Waals surface area contributed by atoms with E-state index in [1.165, 1.54) is 5.56 Å². The number of hydrogen-bond donors (Lipinski definition) is 0. The van der Waals surface area contributed by atoms with Gasteiger partial charge in [-0.3, -0.25) is 4.79 Å². The van der Waals surface area contributed by atoms with E-state index in [9.17, 15) is 4.79 Å². The number of carbonyl (C=O) groups excluding carboxylic acids is 1. The molecular formula is C19H20N4O. The quantitative estimate of drug-likeness (QED) is 0.740. The second kappa shape index (κ2) is 6.66. The van der Waals surface area contributed by atoms with Gasteiger partial charge in [-0.05, 0) is 48.7 Å². The molecule has 0 aliphatic heterocycles. The maximum Gasteiger partial charge on any atom is 0.297 e. The topological polar surface area (TPSA) is 51.0 Å². The van der Waals surface area contributed by atoms with Gasteiger partial charge in [0.05, 0.1) is 5.69 Å². The van der Waals surface area contributed by atoms with Gasteiger partial charge in [-0.1, -0.05) is 31.2 Å². The molecule has 0 N–H and O–H groups in total. The molecule has 0 bridgehead atoms. The molecule has 1 aromatic heterocycles. The molecule has 0 spiro atoms. The molecule has 0 radical (unpaired) electrons. The van der Waals surface area contributed by atoms with Crippen molar-refractivity contribution < 1.29 is 4.79 Å². The van der Waals surface area contributed by atoms with Crippen LogP contribution in [-0.4, -0.2) is 27.7 Å². The highest BCUT2D eigenvalue weighted by molar-refractivity contribution is 6.03. The molecule has 2 aromatic carbocycles. The molecule has 3 aromatic rings. The first-order chi connectivity index (χ1) is 11.6. The number of amides is 1. The number of aromatic nitrogens is 3. The number of hydrogen-bond acceptors (Lipinski definition) is 3. The van der Waals surface area contributed by atoms with Crippen LogP contribution in [0.3, 0.4) is 0 Å². The molecule has 0 atom stereocenters. The molecule has 0 saturated carbocycles. The smallest absolute Gasteiger partial charge is 0.297 e. The zero-order valence-corrected chi connectivity index (χ0v) is 14.1. The van der Waals surface area contributed by atoms with Gasteiger partial charge in [-0.15, -0.1) is 5.10 Å². The molecule has 0 aliphatic rings. The summed E-state index contributed by atoms with van der Waals surface area (Å²) in [5.74, 6) is -0.0527. The summed E-state index contributed by atoms with van der Waals surface area (Å²) < 4.78 is 1.62. The highest BCUT2D eigenvalue weighted by atomic mass is 16.2. The van der Waals surface area contributed by atoms with E-state index in [4.69, 9.17) is 0 Å². The Bertz CT molecular complexity index is 852. The van der Waals surface area contributed by atoms with Gasteiger partial charge >= 0.3 is 0 Å². The van der Waals surface area contributed by atoms with E-state index in [0.717, 1.165) is 23.4 Å². The highest BCUT2D eigenvalue weighted by Crippen LogP contribution is 2.16. The lowest BCUT2D eigenvalue weighted by molar-refractivity contribution is 0.0983. The van der Waals surface area contributed by atoms with E-state index in [-0.39, 0.29) is 11.7 Å². The van der Waals surface area contributed by atoms with Crippen LogP contribution in [0.4, 0.5) is 5.69 Å². The van der Waals surface area contributed by atoms with Gasteiger partial charge in [0.2, 0.25) is 5.82 Å². The third-order valence-corrected chi connectivity index (χ3v) is 3.99. The summed E-state index contributed by atoms with van der Waals surface area (Å²) in [5, 5.41) is 4.32. The summed E-state index contributed by atoms with van der Waals surface area (Å²) in [6, 6.07) is 15.8. The second-order valence-electron chi connectivity index (χ2n) is 5.74. The predicted octanol–water partition coefficient (Wildman–Crippen LogP) is 3.41. The van der Waals surface area contributed by atoms with Crippen molar-refractivity contribution in [2.45, 2.75) is 20.3 Å². The van der Waals surface area contributed by atoms with Gasteiger partial charge in [0, 0.05) is 12.7 Å². The van der Waals surface area contributed by atoms with Crippen LogP contribution in [0.1, 0.15) is 28.7 Å². The van der Waals surface area contributed by atoms with Gasteiger partial charge in [0.25, 0.3) is 5.91 Å². The summed E-state index contributed by atoms with van der Waals surface area (Å²) in [5.41, 5.74) is 4.07. The molecule has 3 rings (SSSR count). The first-order valence-electron chi connectivity index (χ1n) is 7.94. The fourth-order valence-electron chi connectivity index (χ4n) is 2.47. The van der Waals surface area contributed by atoms with Crippen LogP contribution < -0.4 is 4.90 Å². The van der Waals surface area contributed by atoms with Crippen LogP contribution in [0.25, 0.3) is 5.69 Å². The molecule has 0 fully saturated rings. The van der Waals surface area contributed by atoms with E-state index < -0.39 is 0 Å². The minimum Gasteiger partial charge on any atom is -0.309 e. The van der Waals surface area contributed by atoms with Crippen molar-refractivity contribution >= 4 is 11.6 Å². The molecule has 0 aliphatic carbocycles. The largest absolute Gasteiger partial charge is 0.309 e. The molecule has 24 heavy (non-hydrogen) atoms. The first kappa shape index (κ1) is 15.9. The summed E-state index contributed by atoms with van der Waals surface area (Å²) in [7, 11) is 1.73. The lowest BCUT2D eigenvalue weighted by Crippen LogP contribution is -2.27. The normalized spacial score (nSPS) is 10.6. The Hall–Kier alpha value is -2.95. The molecule has 5 heteroatoms. The number of aryl methyl sites for hydroxylation is 2. The van der Waals surface area contributed by atoms with Crippen LogP contribution in [0.15, 0.2) is 54.9 Å². The van der Waals surface area contributed by atoms with Crippen molar-refractivity contribution in [3.8, 4) is 5.69 Å². The molecule has 0 saturated heterocycles. The van der Waals surface area contributed by atoms with Gasteiger partial charge in [0.1, 0.15) is 6.33 Å². The van der Waals surface area contributed by atoms with Crippen LogP contribution in [0, 0.1) is 6.92 Å². The molecule has 1 heterocycles. The number of rotatable bonds is 4. The van der Waals surface area contributed by atoms with Crippen LogP contribution in [0.5, 0.6) is 0 Å². The zero-order valence-electron chi connectivity index (χ0n) is 14.1. The van der Waals surface area contributed by atoms with Crippen molar-refractivity contribution in [1.82, 2.24) is 14.8 Å². The van der Waals surface area contributed by atoms with Crippen molar-refractivity contribution in [3.63, 3.8) is 0 Å². The highest BCUT2D eigenvalue weighted by Gasteiger charge is 2.18. The van der Waals surface area contributed by atoms with E-state index in [0.29, 0.717) is 0 Å². The first-order valence-corrected chi connectivity index (χ1v) is 7.94. The molecule has 5 nitrogen and oxygen atoms in total. The second-order valence-corrected chi connectivity index (χ2v) is 5.74. The minimum absolute atomic E-state index is 0.179. The maximum absolute atomic E-state index is 12.6. The number of carbonyl (C=O) groups is 1. The van der Waals surface area contributed by atoms with E-state index in [2.05, 4.69) is 29.1 Å². The predicted molar refractivity (Wildman–Crippen MR) is 94.6 cm³/mol. The fourth-order valence-corrected chi connectivity index (χ4v) is 2.47. The minimum atomic E-state index is -0.232. The van der Waals surface area contributed by atoms with Gasteiger partial charge in [-0.25, -0.2) is 9.67 Å². The zero-order chi connectivity index (χ0) is 17.1. The number of nitrogens with zero attached hydrogens (tertiary/aromatic N) is 4. The van der Waals surface area contributed by atoms with Gasteiger partial charge in [-0.2, -0.15) is 0 Å². The van der Waals surface area contributed by atoms with Crippen LogP contribution >= 0.6 is 0 Å². The fraction of sp³-hybridized carbons (Fsp3) is 0.211. The van der Waals surface area contributed by atoms with Gasteiger partial charge < -0.3 is 4.90 Å². The molecule has 1 amide bonds. The Balaban J connectivity index is 1.82. The van der Waals surface area contributed by atoms with E-state index in [1.54, 1.807) is 23.0 Å². The van der Waals surface area contributed by atoms with Crippen molar-refractivity contribution in [1.29, 1.82) is 0 Å². The number of anilines is 1.